The Hall–Kier alpha value is 0.540. The van der Waals surface area contributed by atoms with Crippen LogP contribution < -0.4 is 0 Å². The number of carbonyl (C=O) groups is 2. The first-order chi connectivity index (χ1) is 9.69. The van der Waals surface area contributed by atoms with Crippen LogP contribution in [0.25, 0.3) is 0 Å². The molecule has 7 heteroatoms. The van der Waals surface area contributed by atoms with Crippen LogP contribution in [0.5, 0.6) is 0 Å². The van der Waals surface area contributed by atoms with Gasteiger partial charge in [0.15, 0.2) is 0 Å². The quantitative estimate of drug-likeness (QED) is 0.447. The van der Waals surface area contributed by atoms with Gasteiger partial charge >= 0.3 is 0 Å². The largest absolute Gasteiger partial charge is 0.339 e. The average Bonchev–Trinajstić information content (AvgIpc) is 2.44. The van der Waals surface area contributed by atoms with Gasteiger partial charge in [-0.25, -0.2) is 0 Å². The first-order valence-electron chi connectivity index (χ1n) is 7.00. The van der Waals surface area contributed by atoms with Crippen LogP contribution in [0.4, 0.5) is 0 Å². The maximum Gasteiger partial charge on any atom is 0.233 e. The summed E-state index contributed by atoms with van der Waals surface area (Å²) < 4.78 is -0.0162. The molecule has 1 aliphatic heterocycles. The molecule has 0 aliphatic carbocycles. The monoisotopic (exact) mass is 490 g/mol. The molecule has 21 heavy (non-hydrogen) atoms. The van der Waals surface area contributed by atoms with Crippen LogP contribution in [0.15, 0.2) is 0 Å². The second-order valence-corrected chi connectivity index (χ2v) is 8.16. The van der Waals surface area contributed by atoms with E-state index in [4.69, 9.17) is 0 Å². The first kappa shape index (κ1) is 21.5. The summed E-state index contributed by atoms with van der Waals surface area (Å²) >= 11 is 8.82. The minimum Gasteiger partial charge on any atom is -0.339 e. The number of alkyl halides is 2. The van der Waals surface area contributed by atoms with E-state index >= 15 is 0 Å². The van der Waals surface area contributed by atoms with Gasteiger partial charge in [-0.1, -0.05) is 52.6 Å². The smallest absolute Gasteiger partial charge is 0.233 e. The molecule has 0 unspecified atom stereocenters. The summed E-state index contributed by atoms with van der Waals surface area (Å²) in [4.78, 5) is 25.5. The summed E-state index contributed by atoms with van der Waals surface area (Å²) in [7, 11) is 0. The lowest BCUT2D eigenvalue weighted by Crippen LogP contribution is -2.49. The molecule has 0 bridgehead atoms. The zero-order chi connectivity index (χ0) is 16.5. The highest BCUT2D eigenvalue weighted by atomic mass is 79.9. The fourth-order valence-electron chi connectivity index (χ4n) is 1.80. The number of amides is 1. The lowest BCUT2D eigenvalue weighted by atomic mass is 9.92. The fourth-order valence-corrected chi connectivity index (χ4v) is 2.15. The van der Waals surface area contributed by atoms with Gasteiger partial charge in [0, 0.05) is 26.2 Å². The SMILES string of the molecule is CC(C)(C)CCN1CCN(C(=O)CBr)CC1.O=C(Br)CBr. The van der Waals surface area contributed by atoms with Gasteiger partial charge < -0.3 is 4.90 Å². The second-order valence-electron chi connectivity index (χ2n) is 6.16. The molecule has 4 nitrogen and oxygen atoms in total. The normalized spacial score (nSPS) is 16.2. The zero-order valence-electron chi connectivity index (χ0n) is 13.0. The lowest BCUT2D eigenvalue weighted by molar-refractivity contribution is -0.130. The van der Waals surface area contributed by atoms with Crippen molar-refractivity contribution in [2.45, 2.75) is 27.2 Å². The predicted molar refractivity (Wildman–Crippen MR) is 98.6 cm³/mol. The lowest BCUT2D eigenvalue weighted by Gasteiger charge is -2.35. The van der Waals surface area contributed by atoms with Crippen LogP contribution in [-0.4, -0.2) is 63.8 Å². The minimum absolute atomic E-state index is 0.0162. The van der Waals surface area contributed by atoms with Crippen LogP contribution in [0.2, 0.25) is 0 Å². The average molecular weight is 493 g/mol. The molecule has 1 amide bonds. The summed E-state index contributed by atoms with van der Waals surface area (Å²) in [6.45, 7) is 11.8. The van der Waals surface area contributed by atoms with E-state index in [-0.39, 0.29) is 10.6 Å². The summed E-state index contributed by atoms with van der Waals surface area (Å²) in [5.41, 5.74) is 0.406. The van der Waals surface area contributed by atoms with E-state index in [9.17, 15) is 9.59 Å². The highest BCUT2D eigenvalue weighted by Gasteiger charge is 2.21. The topological polar surface area (TPSA) is 40.6 Å². The van der Waals surface area contributed by atoms with E-state index in [2.05, 4.69) is 73.5 Å². The van der Waals surface area contributed by atoms with E-state index in [0.717, 1.165) is 32.7 Å². The number of nitrogens with zero attached hydrogens (tertiary/aromatic N) is 2. The molecular weight excluding hydrogens is 468 g/mol. The van der Waals surface area contributed by atoms with E-state index in [1.165, 1.54) is 6.42 Å². The third kappa shape index (κ3) is 11.7. The van der Waals surface area contributed by atoms with Gasteiger partial charge in [-0.3, -0.25) is 14.5 Å². The number of rotatable bonds is 4. The molecule has 1 saturated heterocycles. The standard InChI is InChI=1S/C12H23BrN2O.C2H2Br2O/c1-12(2,3)4-5-14-6-8-15(9-7-14)11(16)10-13;3-1-2(4)5/h4-10H2,1-3H3;1H2. The van der Waals surface area contributed by atoms with E-state index in [0.29, 0.717) is 16.1 Å². The summed E-state index contributed by atoms with van der Waals surface area (Å²) in [5.74, 6) is 0.218. The van der Waals surface area contributed by atoms with Crippen LogP contribution in [0.1, 0.15) is 27.2 Å². The number of hydrogen-bond donors (Lipinski definition) is 0. The van der Waals surface area contributed by atoms with Crippen molar-refractivity contribution in [1.29, 1.82) is 0 Å². The molecule has 1 fully saturated rings. The Morgan fingerprint density at radius 2 is 1.48 bits per heavy atom. The molecule has 0 spiro atoms. The summed E-state index contributed by atoms with van der Waals surface area (Å²) in [6.07, 6.45) is 1.22. The Morgan fingerprint density at radius 1 is 1.00 bits per heavy atom. The fraction of sp³-hybridized carbons (Fsp3) is 0.857. The third-order valence-corrected chi connectivity index (χ3v) is 5.14. The Balaban J connectivity index is 0.000000690. The predicted octanol–water partition coefficient (Wildman–Crippen LogP) is 3.26. The highest BCUT2D eigenvalue weighted by Crippen LogP contribution is 2.19. The van der Waals surface area contributed by atoms with Crippen molar-refractivity contribution in [1.82, 2.24) is 9.80 Å². The molecule has 1 rings (SSSR count). The number of halogens is 3. The summed E-state index contributed by atoms with van der Waals surface area (Å²) in [6, 6.07) is 0. The number of carbonyl (C=O) groups excluding carboxylic acids is 2. The second kappa shape index (κ2) is 11.1. The Bertz CT molecular complexity index is 325. The van der Waals surface area contributed by atoms with E-state index in [1.807, 2.05) is 4.90 Å². The van der Waals surface area contributed by atoms with Gasteiger partial charge in [0.25, 0.3) is 0 Å². The highest BCUT2D eigenvalue weighted by molar-refractivity contribution is 9.19. The van der Waals surface area contributed by atoms with Crippen molar-refractivity contribution < 1.29 is 9.59 Å². The van der Waals surface area contributed by atoms with Crippen LogP contribution in [-0.2, 0) is 9.59 Å². The van der Waals surface area contributed by atoms with E-state index in [1.54, 1.807) is 0 Å². The molecule has 0 saturated carbocycles. The molecular formula is C14H25Br3N2O2. The van der Waals surface area contributed by atoms with Crippen molar-refractivity contribution >= 4 is 58.4 Å². The van der Waals surface area contributed by atoms with Crippen molar-refractivity contribution in [3.63, 3.8) is 0 Å². The Labute approximate surface area is 153 Å². The molecule has 0 aromatic carbocycles. The zero-order valence-corrected chi connectivity index (χ0v) is 17.8. The maximum absolute atomic E-state index is 11.5. The van der Waals surface area contributed by atoms with Gasteiger partial charge in [-0.15, -0.1) is 0 Å². The van der Waals surface area contributed by atoms with Gasteiger partial charge in [0.05, 0.1) is 10.7 Å². The molecule has 124 valence electrons. The molecule has 0 radical (unpaired) electrons. The van der Waals surface area contributed by atoms with Gasteiger partial charge in [-0.2, -0.15) is 0 Å². The first-order valence-corrected chi connectivity index (χ1v) is 10.0. The molecule has 1 heterocycles. The maximum atomic E-state index is 11.5. The van der Waals surface area contributed by atoms with Gasteiger partial charge in [0.2, 0.25) is 10.6 Å². The van der Waals surface area contributed by atoms with E-state index < -0.39 is 0 Å². The molecule has 0 N–H and O–H groups in total. The molecule has 0 aromatic heterocycles. The Morgan fingerprint density at radius 3 is 1.81 bits per heavy atom. The minimum atomic E-state index is -0.0162. The molecule has 1 aliphatic rings. The van der Waals surface area contributed by atoms with Crippen LogP contribution in [0, 0.1) is 5.41 Å². The number of hydrogen-bond acceptors (Lipinski definition) is 3. The Kier molecular flexibility index (Phi) is 11.4. The molecule has 0 aromatic rings. The third-order valence-electron chi connectivity index (χ3n) is 3.12. The van der Waals surface area contributed by atoms with Crippen molar-refractivity contribution in [2.75, 3.05) is 43.4 Å². The van der Waals surface area contributed by atoms with Gasteiger partial charge in [-0.05, 0) is 34.3 Å². The van der Waals surface area contributed by atoms with Crippen molar-refractivity contribution in [2.24, 2.45) is 5.41 Å². The summed E-state index contributed by atoms with van der Waals surface area (Å²) in [5, 5.41) is 0.849. The van der Waals surface area contributed by atoms with Gasteiger partial charge in [0.1, 0.15) is 0 Å². The van der Waals surface area contributed by atoms with Crippen molar-refractivity contribution in [3.8, 4) is 0 Å². The number of piperazine rings is 1. The van der Waals surface area contributed by atoms with Crippen molar-refractivity contribution in [3.05, 3.63) is 0 Å². The van der Waals surface area contributed by atoms with Crippen LogP contribution >= 0.6 is 47.8 Å². The molecule has 0 atom stereocenters. The van der Waals surface area contributed by atoms with Crippen LogP contribution in [0.3, 0.4) is 0 Å².